The van der Waals surface area contributed by atoms with E-state index in [9.17, 15) is 0 Å². The molecule has 0 fully saturated rings. The van der Waals surface area contributed by atoms with Gasteiger partial charge in [0.25, 0.3) is 0 Å². The second kappa shape index (κ2) is 5.36. The Morgan fingerprint density at radius 3 is 2.18 bits per heavy atom. The topological polar surface area (TPSA) is 9.23 Å². The van der Waals surface area contributed by atoms with Gasteiger partial charge in [0, 0.05) is 7.11 Å². The molecule has 96 valence electrons. The number of ether oxygens (including phenoxy) is 1. The van der Waals surface area contributed by atoms with Crippen LogP contribution in [-0.2, 0) is 4.74 Å². The second-order valence-electron chi connectivity index (χ2n) is 6.30. The minimum absolute atomic E-state index is 0.270. The van der Waals surface area contributed by atoms with Crippen LogP contribution in [0.15, 0.2) is 30.3 Å². The Labute approximate surface area is 109 Å². The predicted octanol–water partition coefficient (Wildman–Crippen LogP) is 4.88. The Hall–Kier alpha value is -0.603. The lowest BCUT2D eigenvalue weighted by atomic mass is 10.1. The van der Waals surface area contributed by atoms with Crippen molar-refractivity contribution in [2.75, 3.05) is 7.11 Å². The van der Waals surface area contributed by atoms with Crippen LogP contribution in [-0.4, -0.2) is 15.2 Å². The van der Waals surface area contributed by atoms with Crippen molar-refractivity contribution < 1.29 is 6.11 Å². The smallest absolute Gasteiger partial charge is 0.0798 e. The maximum absolute atomic E-state index is 8.66. The average molecular weight is 251 g/mol. The molecule has 0 saturated heterocycles. The van der Waals surface area contributed by atoms with Gasteiger partial charge in [-0.3, -0.25) is 0 Å². The van der Waals surface area contributed by atoms with Crippen LogP contribution in [0.2, 0.25) is 24.2 Å². The van der Waals surface area contributed by atoms with Crippen molar-refractivity contribution in [2.45, 2.75) is 51.0 Å². The van der Waals surface area contributed by atoms with Gasteiger partial charge >= 0.3 is 0 Å². The molecular weight excluding hydrogens is 224 g/mol. The lowest BCUT2D eigenvalue weighted by Gasteiger charge is -2.39. The molecular formula is C15H26OSi. The molecule has 0 aromatic heterocycles. The zero-order valence-corrected chi connectivity index (χ0v) is 13.0. The first-order valence-corrected chi connectivity index (χ1v) is 9.44. The molecule has 1 unspecified atom stereocenters. The molecule has 0 spiro atoms. The van der Waals surface area contributed by atoms with Crippen LogP contribution in [0, 0.1) is 0 Å². The van der Waals surface area contributed by atoms with Gasteiger partial charge in [-0.2, -0.15) is 0 Å². The first kappa shape index (κ1) is 12.8. The summed E-state index contributed by atoms with van der Waals surface area (Å²) in [5.74, 6) is 0. The normalized spacial score (nSPS) is 17.4. The first-order chi connectivity index (χ1) is 8.12. The van der Waals surface area contributed by atoms with E-state index >= 15 is 0 Å². The number of hydrogen-bond donors (Lipinski definition) is 0. The van der Waals surface area contributed by atoms with Crippen LogP contribution in [0.4, 0.5) is 0 Å². The largest absolute Gasteiger partial charge is 0.377 e. The molecule has 1 aromatic carbocycles. The van der Waals surface area contributed by atoms with Crippen LogP contribution >= 0.6 is 0 Å². The monoisotopic (exact) mass is 251 g/mol. The predicted molar refractivity (Wildman–Crippen MR) is 78.2 cm³/mol. The minimum atomic E-state index is -1.56. The lowest BCUT2D eigenvalue weighted by molar-refractivity contribution is 0.117. The fraction of sp³-hybridized carbons (Fsp3) is 0.600. The SMILES string of the molecule is [2H]C(C[Si](C)(C)C(C)(C)C)(OC)c1ccccc1. The maximum Gasteiger partial charge on any atom is 0.0798 e. The van der Waals surface area contributed by atoms with Crippen molar-refractivity contribution in [3.8, 4) is 0 Å². The highest BCUT2D eigenvalue weighted by atomic mass is 28.3. The molecule has 0 bridgehead atoms. The fourth-order valence-corrected chi connectivity index (χ4v) is 3.26. The molecule has 1 nitrogen and oxygen atoms in total. The lowest BCUT2D eigenvalue weighted by Crippen LogP contribution is -2.38. The highest BCUT2D eigenvalue weighted by Crippen LogP contribution is 2.42. The van der Waals surface area contributed by atoms with Crippen molar-refractivity contribution in [3.05, 3.63) is 35.9 Å². The van der Waals surface area contributed by atoms with Crippen LogP contribution in [0.5, 0.6) is 0 Å². The summed E-state index contributed by atoms with van der Waals surface area (Å²) in [5.41, 5.74) is 0.956. The van der Waals surface area contributed by atoms with Crippen molar-refractivity contribution in [2.24, 2.45) is 0 Å². The Balaban J connectivity index is 3.05. The zero-order chi connectivity index (χ0) is 14.0. The van der Waals surface area contributed by atoms with E-state index < -0.39 is 14.2 Å². The van der Waals surface area contributed by atoms with Gasteiger partial charge in [0.15, 0.2) is 0 Å². The molecule has 0 aliphatic carbocycles. The summed E-state index contributed by atoms with van der Waals surface area (Å²) in [5, 5.41) is 0.270. The Kier molecular flexibility index (Phi) is 4.05. The summed E-state index contributed by atoms with van der Waals surface area (Å²) < 4.78 is 14.2. The van der Waals surface area contributed by atoms with Crippen LogP contribution < -0.4 is 0 Å². The highest BCUT2D eigenvalue weighted by molar-refractivity contribution is 6.80. The number of hydrogen-bond acceptors (Lipinski definition) is 1. The van der Waals surface area contributed by atoms with Crippen LogP contribution in [0.25, 0.3) is 0 Å². The third-order valence-electron chi connectivity index (χ3n) is 3.97. The quantitative estimate of drug-likeness (QED) is 0.693. The molecule has 1 atom stereocenters. The first-order valence-electron chi connectivity index (χ1n) is 6.73. The van der Waals surface area contributed by atoms with E-state index in [2.05, 4.69) is 33.9 Å². The summed E-state index contributed by atoms with van der Waals surface area (Å²) >= 11 is 0. The molecule has 0 radical (unpaired) electrons. The van der Waals surface area contributed by atoms with Gasteiger partial charge in [-0.1, -0.05) is 64.2 Å². The molecule has 1 rings (SSSR count). The number of rotatable bonds is 4. The van der Waals surface area contributed by atoms with E-state index in [4.69, 9.17) is 6.11 Å². The Morgan fingerprint density at radius 2 is 1.76 bits per heavy atom. The van der Waals surface area contributed by atoms with E-state index in [1.54, 1.807) is 7.11 Å². The van der Waals surface area contributed by atoms with Gasteiger partial charge in [-0.15, -0.1) is 0 Å². The average Bonchev–Trinajstić information content (AvgIpc) is 2.28. The molecule has 17 heavy (non-hydrogen) atoms. The maximum atomic E-state index is 8.66. The second-order valence-corrected chi connectivity index (χ2v) is 11.9. The molecule has 1 aromatic rings. The van der Waals surface area contributed by atoms with E-state index in [0.29, 0.717) is 0 Å². The van der Waals surface area contributed by atoms with E-state index in [1.165, 1.54) is 0 Å². The molecule has 0 amide bonds. The molecule has 0 aliphatic heterocycles. The van der Waals surface area contributed by atoms with Crippen LogP contribution in [0.3, 0.4) is 0 Å². The molecule has 0 N–H and O–H groups in total. The van der Waals surface area contributed by atoms with Crippen LogP contribution in [0.1, 0.15) is 33.8 Å². The number of benzene rings is 1. The standard InChI is InChI=1S/C15H26OSi/c1-15(2,3)17(5,6)12-14(16-4)13-10-8-7-9-11-13/h7-11,14H,12H2,1-6H3/i14D. The van der Waals surface area contributed by atoms with E-state index in [0.717, 1.165) is 11.6 Å². The molecule has 0 saturated carbocycles. The van der Waals surface area contributed by atoms with Crippen molar-refractivity contribution in [3.63, 3.8) is 0 Å². The molecule has 0 aliphatic rings. The third-order valence-corrected chi connectivity index (χ3v) is 9.24. The third kappa shape index (κ3) is 3.68. The Morgan fingerprint density at radius 1 is 1.24 bits per heavy atom. The van der Waals surface area contributed by atoms with Gasteiger partial charge in [0.1, 0.15) is 0 Å². The van der Waals surface area contributed by atoms with Gasteiger partial charge in [-0.05, 0) is 16.6 Å². The van der Waals surface area contributed by atoms with E-state index in [-0.39, 0.29) is 5.04 Å². The van der Waals surface area contributed by atoms with Crippen molar-refractivity contribution in [1.82, 2.24) is 0 Å². The van der Waals surface area contributed by atoms with Crippen molar-refractivity contribution in [1.29, 1.82) is 0 Å². The zero-order valence-electron chi connectivity index (χ0n) is 13.0. The minimum Gasteiger partial charge on any atom is -0.377 e. The molecule has 0 heterocycles. The molecule has 2 heteroatoms. The summed E-state index contributed by atoms with van der Waals surface area (Å²) in [7, 11) is 0.0894. The van der Waals surface area contributed by atoms with Gasteiger partial charge < -0.3 is 4.74 Å². The summed E-state index contributed by atoms with van der Waals surface area (Å²) in [6.45, 7) is 11.5. The van der Waals surface area contributed by atoms with Gasteiger partial charge in [0.2, 0.25) is 0 Å². The van der Waals surface area contributed by atoms with Crippen molar-refractivity contribution >= 4 is 8.07 Å². The highest BCUT2D eigenvalue weighted by Gasteiger charge is 2.37. The fourth-order valence-electron chi connectivity index (χ4n) is 1.58. The summed E-state index contributed by atoms with van der Waals surface area (Å²) in [4.78, 5) is 0. The van der Waals surface area contributed by atoms with Gasteiger partial charge in [0.05, 0.1) is 15.5 Å². The summed E-state index contributed by atoms with van der Waals surface area (Å²) in [6.07, 6.45) is -0.912. The van der Waals surface area contributed by atoms with E-state index in [1.807, 2.05) is 30.3 Å². The van der Waals surface area contributed by atoms with Gasteiger partial charge in [-0.25, -0.2) is 0 Å². The Bertz CT molecular complexity index is 383. The summed E-state index contributed by atoms with van der Waals surface area (Å²) in [6, 6.07) is 10.7. The number of methoxy groups -OCH3 is 1.